The average molecular weight is 863 g/mol. The Bertz CT molecular complexity index is 1860. The maximum Gasteiger partial charge on any atom is 0.260 e. The number of halogens is 2. The third kappa shape index (κ3) is 17.2. The zero-order chi connectivity index (χ0) is 46.0. The minimum absolute atomic E-state index is 0.0767. The molecular weight excluding hydrogens is 791 g/mol. The van der Waals surface area contributed by atoms with Crippen molar-refractivity contribution in [3.05, 3.63) is 111 Å². The van der Waals surface area contributed by atoms with E-state index in [1.165, 1.54) is 31.1 Å². The van der Waals surface area contributed by atoms with Crippen LogP contribution in [0.3, 0.4) is 0 Å². The van der Waals surface area contributed by atoms with Crippen LogP contribution in [0, 0.1) is 6.92 Å². The second kappa shape index (κ2) is 29.1. The van der Waals surface area contributed by atoms with Gasteiger partial charge < -0.3 is 47.2 Å². The summed E-state index contributed by atoms with van der Waals surface area (Å²) in [6.07, 6.45) is 7.62. The summed E-state index contributed by atoms with van der Waals surface area (Å²) in [5.41, 5.74) is 20.5. The summed E-state index contributed by atoms with van der Waals surface area (Å²) in [5.74, 6) is 0.325. The lowest BCUT2D eigenvalue weighted by atomic mass is 9.98. The number of alkyl halides is 2. The third-order valence-corrected chi connectivity index (χ3v) is 10.8. The molecule has 0 bridgehead atoms. The van der Waals surface area contributed by atoms with Crippen molar-refractivity contribution >= 4 is 24.8 Å². The summed E-state index contributed by atoms with van der Waals surface area (Å²) >= 11 is 0. The molecule has 0 radical (unpaired) electrons. The van der Waals surface area contributed by atoms with E-state index < -0.39 is 18.6 Å². The number of hydrogen-bond donors (Lipinski definition) is 6. The zero-order valence-electron chi connectivity index (χ0n) is 38.2. The molecule has 0 spiro atoms. The lowest BCUT2D eigenvalue weighted by Crippen LogP contribution is -2.45. The van der Waals surface area contributed by atoms with Crippen molar-refractivity contribution < 1.29 is 27.9 Å². The van der Waals surface area contributed by atoms with Crippen LogP contribution in [0.25, 0.3) is 0 Å². The van der Waals surface area contributed by atoms with Crippen LogP contribution >= 0.6 is 0 Å². The van der Waals surface area contributed by atoms with E-state index in [4.69, 9.17) is 16.2 Å². The Morgan fingerprint density at radius 3 is 2.31 bits per heavy atom. The number of amides is 2. The fourth-order valence-electron chi connectivity index (χ4n) is 7.00. The molecule has 0 fully saturated rings. The summed E-state index contributed by atoms with van der Waals surface area (Å²) in [4.78, 5) is 41.2. The predicted molar refractivity (Wildman–Crippen MR) is 248 cm³/mol. The van der Waals surface area contributed by atoms with Gasteiger partial charge in [0.2, 0.25) is 12.3 Å². The summed E-state index contributed by atoms with van der Waals surface area (Å²) < 4.78 is 33.6. The van der Waals surface area contributed by atoms with Crippen molar-refractivity contribution in [1.29, 1.82) is 0 Å². The normalized spacial score (nSPS) is 14.5. The molecular formula is C48H72F2N8O4. The molecule has 0 heterocycles. The lowest BCUT2D eigenvalue weighted by Gasteiger charge is -2.28. The largest absolute Gasteiger partial charge is 0.493 e. The van der Waals surface area contributed by atoms with Crippen LogP contribution in [-0.2, 0) is 33.9 Å². The van der Waals surface area contributed by atoms with Crippen LogP contribution in [0.15, 0.2) is 93.4 Å². The first-order valence-electron chi connectivity index (χ1n) is 21.7. The molecule has 0 aliphatic rings. The highest BCUT2D eigenvalue weighted by Crippen LogP contribution is 2.26. The van der Waals surface area contributed by atoms with Gasteiger partial charge in [-0.25, -0.2) is 8.78 Å². The summed E-state index contributed by atoms with van der Waals surface area (Å²) in [7, 11) is 3.15. The smallest absolute Gasteiger partial charge is 0.260 e. The van der Waals surface area contributed by atoms with E-state index in [9.17, 15) is 23.2 Å². The maximum atomic E-state index is 13.7. The molecule has 2 aromatic rings. The SMILES string of the molecule is CCCC(/C(C=NC)=C/N)=C(/C=C(\C)C(F)F)NC(N)/C(C)=C(/CC)NC(CC)CCNCc1ccc(CCOc2cccc(C)c2CN(C=O)C(CCC=O)C(=O)NC)cc1. The van der Waals surface area contributed by atoms with Crippen LogP contribution in [0.1, 0.15) is 102 Å². The summed E-state index contributed by atoms with van der Waals surface area (Å²) in [6.45, 7) is 13.6. The fraction of sp³-hybridized carbons (Fsp3) is 0.500. The molecule has 62 heavy (non-hydrogen) atoms. The number of nitrogens with two attached hydrogens (primary N) is 2. The Kier molecular flexibility index (Phi) is 24.7. The molecule has 3 atom stereocenters. The van der Waals surface area contributed by atoms with Crippen molar-refractivity contribution in [2.24, 2.45) is 16.5 Å². The van der Waals surface area contributed by atoms with Crippen molar-refractivity contribution in [2.45, 2.75) is 131 Å². The van der Waals surface area contributed by atoms with E-state index >= 15 is 0 Å². The number of likely N-dealkylation sites (N-methyl/N-ethyl adjacent to an activating group) is 1. The van der Waals surface area contributed by atoms with Crippen molar-refractivity contribution in [2.75, 3.05) is 27.2 Å². The van der Waals surface area contributed by atoms with Gasteiger partial charge in [0, 0.05) is 74.5 Å². The van der Waals surface area contributed by atoms with E-state index in [1.807, 2.05) is 39.0 Å². The second-order valence-corrected chi connectivity index (χ2v) is 15.3. The summed E-state index contributed by atoms with van der Waals surface area (Å²) in [5, 5.41) is 13.2. The van der Waals surface area contributed by atoms with Crippen molar-refractivity contribution in [3.63, 3.8) is 0 Å². The maximum absolute atomic E-state index is 13.7. The van der Waals surface area contributed by atoms with Gasteiger partial charge in [0.15, 0.2) is 0 Å². The van der Waals surface area contributed by atoms with Crippen LogP contribution < -0.4 is 37.5 Å². The number of nitrogens with one attached hydrogen (secondary N) is 4. The van der Waals surface area contributed by atoms with Gasteiger partial charge >= 0.3 is 0 Å². The minimum Gasteiger partial charge on any atom is -0.493 e. The number of carbonyl (C=O) groups excluding carboxylic acids is 3. The molecule has 2 aromatic carbocycles. The highest BCUT2D eigenvalue weighted by molar-refractivity contribution is 5.85. The van der Waals surface area contributed by atoms with Gasteiger partial charge in [-0.3, -0.25) is 14.6 Å². The van der Waals surface area contributed by atoms with E-state index in [-0.39, 0.29) is 36.9 Å². The number of aliphatic imine (C=N–C) groups is 1. The van der Waals surface area contributed by atoms with Gasteiger partial charge in [-0.05, 0) is 105 Å². The molecule has 0 aliphatic carbocycles. The molecule has 342 valence electrons. The lowest BCUT2D eigenvalue weighted by molar-refractivity contribution is -0.133. The van der Waals surface area contributed by atoms with Gasteiger partial charge in [0.1, 0.15) is 18.1 Å². The molecule has 3 unspecified atom stereocenters. The Hall–Kier alpha value is -5.34. The number of hydrogen-bond acceptors (Lipinski definition) is 10. The van der Waals surface area contributed by atoms with E-state index in [2.05, 4.69) is 64.4 Å². The highest BCUT2D eigenvalue weighted by atomic mass is 19.3. The van der Waals surface area contributed by atoms with Crippen LogP contribution in [0.4, 0.5) is 8.78 Å². The first-order chi connectivity index (χ1) is 29.8. The van der Waals surface area contributed by atoms with E-state index in [0.29, 0.717) is 49.4 Å². The molecule has 0 saturated heterocycles. The van der Waals surface area contributed by atoms with E-state index in [0.717, 1.165) is 77.6 Å². The van der Waals surface area contributed by atoms with Crippen LogP contribution in [0.2, 0.25) is 0 Å². The predicted octanol–water partition coefficient (Wildman–Crippen LogP) is 6.88. The van der Waals surface area contributed by atoms with E-state index in [1.54, 1.807) is 13.3 Å². The monoisotopic (exact) mass is 863 g/mol. The molecule has 0 aromatic heterocycles. The topological polar surface area (TPSA) is 176 Å². The molecule has 12 nitrogen and oxygen atoms in total. The van der Waals surface area contributed by atoms with Crippen LogP contribution in [-0.4, -0.2) is 81.6 Å². The standard InChI is InChI=1S/C48H72F2N8O4/c1-9-14-40(38(28-51)30-53-7)43(27-34(5)46(49)50)57-47(52)35(6)42(11-3)56-39(10-2)22-24-55-29-37-20-18-36(19-21-37)23-26-62-45-17-12-15-33(4)41(45)31-58(32-60)44(16-13-25-59)48(61)54-8/h12,15,17-21,25,27-28,30,32,39,44,46-47,55-57H,9-11,13-14,16,22-24,26,29,31,51-52H2,1-8H3,(H,54,61)/b34-27+,38-28+,42-35-,43-40+,53-30?. The molecule has 8 N–H and O–H groups in total. The molecule has 0 saturated carbocycles. The molecule has 2 amide bonds. The zero-order valence-corrected chi connectivity index (χ0v) is 38.2. The number of nitrogens with zero attached hydrogens (tertiary/aromatic N) is 2. The van der Waals surface area contributed by atoms with Gasteiger partial charge in [0.05, 0.1) is 19.3 Å². The molecule has 0 aliphatic heterocycles. The number of ether oxygens (including phenoxy) is 1. The Morgan fingerprint density at radius 1 is 1.02 bits per heavy atom. The number of benzene rings is 2. The van der Waals surface area contributed by atoms with Crippen molar-refractivity contribution in [3.8, 4) is 5.75 Å². The number of carbonyl (C=O) groups is 3. The van der Waals surface area contributed by atoms with Crippen LogP contribution in [0.5, 0.6) is 5.75 Å². The number of rotatable bonds is 30. The fourth-order valence-corrected chi connectivity index (χ4v) is 7.00. The Labute approximate surface area is 368 Å². The first-order valence-corrected chi connectivity index (χ1v) is 21.7. The van der Waals surface area contributed by atoms with Crippen molar-refractivity contribution in [1.82, 2.24) is 26.2 Å². The van der Waals surface area contributed by atoms with Gasteiger partial charge in [-0.15, -0.1) is 0 Å². The summed E-state index contributed by atoms with van der Waals surface area (Å²) in [6, 6.07) is 13.6. The number of allylic oxidation sites excluding steroid dienone is 5. The van der Waals surface area contributed by atoms with Gasteiger partial charge in [0.25, 0.3) is 6.43 Å². The average Bonchev–Trinajstić information content (AvgIpc) is 3.27. The Balaban J connectivity index is 2.03. The quantitative estimate of drug-likeness (QED) is 0.0161. The Morgan fingerprint density at radius 2 is 1.73 bits per heavy atom. The second-order valence-electron chi connectivity index (χ2n) is 15.3. The first kappa shape index (κ1) is 52.8. The molecule has 14 heteroatoms. The molecule has 2 rings (SSSR count). The third-order valence-electron chi connectivity index (χ3n) is 10.8. The van der Waals surface area contributed by atoms with Gasteiger partial charge in [-0.1, -0.05) is 63.6 Å². The number of aldehydes is 1. The van der Waals surface area contributed by atoms with Gasteiger partial charge in [-0.2, -0.15) is 0 Å². The number of aryl methyl sites for hydroxylation is 1. The minimum atomic E-state index is -2.61. The highest BCUT2D eigenvalue weighted by Gasteiger charge is 2.25.